The van der Waals surface area contributed by atoms with Crippen molar-refractivity contribution < 1.29 is 36.3 Å². The first-order chi connectivity index (χ1) is 22.3. The summed E-state index contributed by atoms with van der Waals surface area (Å²) in [7, 11) is -3.88. The van der Waals surface area contributed by atoms with Gasteiger partial charge in [0, 0.05) is 31.6 Å². The largest absolute Gasteiger partial charge is 0.458 e. The number of ether oxygens (including phenoxy) is 1. The van der Waals surface area contributed by atoms with Gasteiger partial charge in [-0.05, 0) is 60.9 Å². The van der Waals surface area contributed by atoms with Gasteiger partial charge in [0.2, 0.25) is 11.8 Å². The van der Waals surface area contributed by atoms with Crippen LogP contribution in [0.15, 0.2) is 42.5 Å². The molecule has 268 valence electrons. The van der Waals surface area contributed by atoms with E-state index in [2.05, 4.69) is 16.0 Å². The summed E-state index contributed by atoms with van der Waals surface area (Å²) in [5, 5.41) is 7.55. The zero-order chi connectivity index (χ0) is 34.6. The summed E-state index contributed by atoms with van der Waals surface area (Å²) in [4.78, 5) is 38.6. The van der Waals surface area contributed by atoms with Gasteiger partial charge in [-0.1, -0.05) is 57.9 Å². The van der Waals surface area contributed by atoms with Crippen molar-refractivity contribution in [2.24, 2.45) is 5.73 Å². The molecule has 2 aromatic rings. The van der Waals surface area contributed by atoms with Crippen LogP contribution in [-0.2, 0) is 48.3 Å². The van der Waals surface area contributed by atoms with Crippen molar-refractivity contribution in [2.45, 2.75) is 108 Å². The molecule has 5 N–H and O–H groups in total. The maximum absolute atomic E-state index is 14.0. The SMILES string of the molecule is CCCC(CCC)S(=O)(=O)C[C@H](NC(=O)[C@H]1CCC(=O)N1)C(=O)O[C@H](CNCc1cccc(CC)c1)[C@@H](N)Cc1cc(F)cc(F)c1.Cl. The molecule has 0 aromatic heterocycles. The van der Waals surface area contributed by atoms with Crippen LogP contribution in [0.4, 0.5) is 8.78 Å². The Kier molecular flexibility index (Phi) is 16.9. The maximum Gasteiger partial charge on any atom is 0.330 e. The lowest BCUT2D eigenvalue weighted by Gasteiger charge is -2.28. The minimum atomic E-state index is -3.88. The maximum atomic E-state index is 14.0. The van der Waals surface area contributed by atoms with Gasteiger partial charge in [-0.15, -0.1) is 12.4 Å². The summed E-state index contributed by atoms with van der Waals surface area (Å²) in [5.41, 5.74) is 8.84. The molecule has 0 saturated carbocycles. The molecule has 1 heterocycles. The summed E-state index contributed by atoms with van der Waals surface area (Å²) < 4.78 is 60.8. The monoisotopic (exact) mass is 714 g/mol. The molecule has 3 rings (SSSR count). The number of esters is 1. The van der Waals surface area contributed by atoms with Crippen LogP contribution < -0.4 is 21.7 Å². The van der Waals surface area contributed by atoms with E-state index in [-0.39, 0.29) is 49.7 Å². The number of hydrogen-bond acceptors (Lipinski definition) is 8. The number of carbonyl (C=O) groups excluding carboxylic acids is 3. The van der Waals surface area contributed by atoms with Gasteiger partial charge in [-0.2, -0.15) is 0 Å². The minimum absolute atomic E-state index is 0. The Balaban J connectivity index is 0.00000800. The molecule has 10 nitrogen and oxygen atoms in total. The first kappa shape index (κ1) is 41.0. The van der Waals surface area contributed by atoms with Crippen molar-refractivity contribution in [1.82, 2.24) is 16.0 Å². The second-order valence-corrected chi connectivity index (χ2v) is 14.5. The zero-order valence-corrected chi connectivity index (χ0v) is 29.4. The Labute approximate surface area is 288 Å². The van der Waals surface area contributed by atoms with E-state index < -0.39 is 68.6 Å². The average molecular weight is 715 g/mol. The summed E-state index contributed by atoms with van der Waals surface area (Å²) in [5.74, 6) is -4.29. The summed E-state index contributed by atoms with van der Waals surface area (Å²) in [6.45, 7) is 6.21. The number of benzene rings is 2. The van der Waals surface area contributed by atoms with E-state index in [1.807, 2.05) is 45.0 Å². The average Bonchev–Trinajstić information content (AvgIpc) is 3.45. The third kappa shape index (κ3) is 12.7. The molecule has 1 aliphatic rings. The molecule has 14 heteroatoms. The predicted molar refractivity (Wildman–Crippen MR) is 183 cm³/mol. The zero-order valence-electron chi connectivity index (χ0n) is 27.8. The van der Waals surface area contributed by atoms with Crippen LogP contribution >= 0.6 is 12.4 Å². The lowest BCUT2D eigenvalue weighted by Crippen LogP contribution is -2.55. The van der Waals surface area contributed by atoms with Crippen LogP contribution in [0.25, 0.3) is 0 Å². The third-order valence-electron chi connectivity index (χ3n) is 8.25. The third-order valence-corrected chi connectivity index (χ3v) is 10.5. The molecule has 0 bridgehead atoms. The molecule has 0 spiro atoms. The number of halogens is 3. The van der Waals surface area contributed by atoms with E-state index in [4.69, 9.17) is 10.5 Å². The molecule has 0 aliphatic carbocycles. The van der Waals surface area contributed by atoms with Crippen molar-refractivity contribution >= 4 is 40.0 Å². The van der Waals surface area contributed by atoms with Gasteiger partial charge in [-0.3, -0.25) is 9.59 Å². The van der Waals surface area contributed by atoms with Gasteiger partial charge in [0.1, 0.15) is 29.8 Å². The molecule has 1 fully saturated rings. The molecule has 0 radical (unpaired) electrons. The molecular weight excluding hydrogens is 666 g/mol. The summed E-state index contributed by atoms with van der Waals surface area (Å²) in [6, 6.07) is 7.47. The van der Waals surface area contributed by atoms with E-state index >= 15 is 0 Å². The Bertz CT molecular complexity index is 1460. The molecule has 2 amide bonds. The number of nitrogens with two attached hydrogens (primary N) is 1. The summed E-state index contributed by atoms with van der Waals surface area (Å²) in [6.07, 6.45) is 2.07. The van der Waals surface area contributed by atoms with Gasteiger partial charge < -0.3 is 26.4 Å². The molecule has 1 saturated heterocycles. The second-order valence-electron chi connectivity index (χ2n) is 12.2. The summed E-state index contributed by atoms with van der Waals surface area (Å²) >= 11 is 0. The Hall–Kier alpha value is -3.13. The predicted octanol–water partition coefficient (Wildman–Crippen LogP) is 3.67. The number of rotatable bonds is 19. The standard InChI is InChI=1S/C34H48F2N4O6S.ClH/c1-4-8-27(9-5-2)47(44,45)21-30(40-33(42)29-12-13-32(41)39-29)34(43)46-31(20-38-19-23-11-7-10-22(6-3)14-23)28(37)17-24-15-25(35)18-26(36)16-24;/h7,10-11,14-16,18,27-31,38H,4-6,8-9,12-13,17,19-21,37H2,1-3H3,(H,39,41)(H,40,42);1H/t28-,29+,30-,31+;/m0./s1. The lowest BCUT2D eigenvalue weighted by atomic mass is 10.0. The molecule has 4 atom stereocenters. The van der Waals surface area contributed by atoms with E-state index in [0.717, 1.165) is 35.7 Å². The van der Waals surface area contributed by atoms with Gasteiger partial charge in [0.25, 0.3) is 0 Å². The number of carbonyl (C=O) groups is 3. The van der Waals surface area contributed by atoms with Crippen molar-refractivity contribution in [3.63, 3.8) is 0 Å². The number of amides is 2. The van der Waals surface area contributed by atoms with Crippen molar-refractivity contribution in [1.29, 1.82) is 0 Å². The number of sulfone groups is 1. The van der Waals surface area contributed by atoms with Crippen LogP contribution in [0.1, 0.15) is 76.0 Å². The van der Waals surface area contributed by atoms with Gasteiger partial charge in [-0.25, -0.2) is 22.0 Å². The Morgan fingerprint density at radius 3 is 2.25 bits per heavy atom. The highest BCUT2D eigenvalue weighted by Crippen LogP contribution is 2.19. The van der Waals surface area contributed by atoms with E-state index in [9.17, 15) is 31.6 Å². The van der Waals surface area contributed by atoms with Crippen molar-refractivity contribution in [2.75, 3.05) is 12.3 Å². The lowest BCUT2D eigenvalue weighted by molar-refractivity contribution is -0.153. The van der Waals surface area contributed by atoms with Crippen LogP contribution in [0, 0.1) is 11.6 Å². The van der Waals surface area contributed by atoms with Crippen molar-refractivity contribution in [3.8, 4) is 0 Å². The molecule has 48 heavy (non-hydrogen) atoms. The van der Waals surface area contributed by atoms with E-state index in [1.165, 1.54) is 0 Å². The van der Waals surface area contributed by atoms with Crippen molar-refractivity contribution in [3.05, 3.63) is 70.8 Å². The topological polar surface area (TPSA) is 157 Å². The van der Waals surface area contributed by atoms with E-state index in [0.29, 0.717) is 32.2 Å². The quantitative estimate of drug-likeness (QED) is 0.161. The highest BCUT2D eigenvalue weighted by atomic mass is 35.5. The number of aryl methyl sites for hydroxylation is 1. The first-order valence-corrected chi connectivity index (χ1v) is 18.1. The second kappa shape index (κ2) is 19.8. The normalized spacial score (nSPS) is 16.5. The van der Waals surface area contributed by atoms with E-state index in [1.54, 1.807) is 0 Å². The molecular formula is C34H49ClF2N4O6S. The Morgan fingerprint density at radius 1 is 1.02 bits per heavy atom. The fraction of sp³-hybridized carbons (Fsp3) is 0.559. The van der Waals surface area contributed by atoms with Crippen LogP contribution in [-0.4, -0.2) is 68.0 Å². The fourth-order valence-corrected chi connectivity index (χ4v) is 7.88. The van der Waals surface area contributed by atoms with Gasteiger partial charge >= 0.3 is 5.97 Å². The Morgan fingerprint density at radius 2 is 1.67 bits per heavy atom. The first-order valence-electron chi connectivity index (χ1n) is 16.4. The van der Waals surface area contributed by atoms with Gasteiger partial charge in [0.05, 0.1) is 11.0 Å². The van der Waals surface area contributed by atoms with Crippen LogP contribution in [0.5, 0.6) is 0 Å². The molecule has 0 unspecified atom stereocenters. The highest BCUT2D eigenvalue weighted by molar-refractivity contribution is 7.92. The smallest absolute Gasteiger partial charge is 0.330 e. The van der Waals surface area contributed by atoms with Crippen LogP contribution in [0.3, 0.4) is 0 Å². The number of hydrogen-bond donors (Lipinski definition) is 4. The fourth-order valence-electron chi connectivity index (χ4n) is 5.73. The molecule has 1 aliphatic heterocycles. The highest BCUT2D eigenvalue weighted by Gasteiger charge is 2.37. The molecule has 2 aromatic carbocycles. The van der Waals surface area contributed by atoms with Crippen LogP contribution in [0.2, 0.25) is 0 Å². The minimum Gasteiger partial charge on any atom is -0.458 e. The number of nitrogens with one attached hydrogen (secondary N) is 3. The van der Waals surface area contributed by atoms with Gasteiger partial charge in [0.15, 0.2) is 9.84 Å².